The first-order valence-corrected chi connectivity index (χ1v) is 9.64. The smallest absolute Gasteiger partial charge is 0.278 e. The number of hydrogen-bond acceptors (Lipinski definition) is 5. The number of aromatic amines is 1. The molecule has 7 heteroatoms. The summed E-state index contributed by atoms with van der Waals surface area (Å²) >= 11 is 1.35. The fourth-order valence-electron chi connectivity index (χ4n) is 3.14. The van der Waals surface area contributed by atoms with Gasteiger partial charge in [0.25, 0.3) is 11.5 Å². The van der Waals surface area contributed by atoms with Gasteiger partial charge in [0.2, 0.25) is 0 Å². The Morgan fingerprint density at radius 3 is 2.54 bits per heavy atom. The molecule has 28 heavy (non-hydrogen) atoms. The van der Waals surface area contributed by atoms with Crippen LogP contribution in [0.15, 0.2) is 46.6 Å². The number of anilines is 1. The quantitative estimate of drug-likeness (QED) is 0.548. The average Bonchev–Trinajstić information content (AvgIpc) is 3.13. The summed E-state index contributed by atoms with van der Waals surface area (Å²) in [6.07, 6.45) is 0. The van der Waals surface area contributed by atoms with Gasteiger partial charge in [-0.05, 0) is 49.6 Å². The Morgan fingerprint density at radius 2 is 1.75 bits per heavy atom. The Balaban J connectivity index is 1.65. The lowest BCUT2D eigenvalue weighted by Gasteiger charge is -2.07. The van der Waals surface area contributed by atoms with Gasteiger partial charge in [0.05, 0.1) is 11.1 Å². The van der Waals surface area contributed by atoms with Crippen molar-refractivity contribution in [3.63, 3.8) is 0 Å². The number of amides is 1. The molecule has 0 saturated heterocycles. The molecule has 0 saturated carbocycles. The Bertz CT molecular complexity index is 1270. The first-order chi connectivity index (χ1) is 13.4. The lowest BCUT2D eigenvalue weighted by Crippen LogP contribution is -2.19. The molecular weight excluding hydrogens is 372 g/mol. The number of fused-ring (bicyclic) bond motifs is 1. The number of carbonyl (C=O) groups excluding carboxylic acids is 1. The highest BCUT2D eigenvalue weighted by atomic mass is 32.1. The number of nitrogens with zero attached hydrogens (tertiary/aromatic N) is 2. The summed E-state index contributed by atoms with van der Waals surface area (Å²) in [7, 11) is 0. The van der Waals surface area contributed by atoms with Crippen molar-refractivity contribution in [2.75, 3.05) is 5.32 Å². The van der Waals surface area contributed by atoms with E-state index in [9.17, 15) is 9.59 Å². The summed E-state index contributed by atoms with van der Waals surface area (Å²) in [4.78, 5) is 29.2. The van der Waals surface area contributed by atoms with Crippen molar-refractivity contribution in [1.82, 2.24) is 15.2 Å². The Hall–Kier alpha value is -3.32. The molecule has 2 aromatic heterocycles. The van der Waals surface area contributed by atoms with E-state index in [-0.39, 0.29) is 11.3 Å². The van der Waals surface area contributed by atoms with Gasteiger partial charge in [-0.15, -0.1) is 11.3 Å². The highest BCUT2D eigenvalue weighted by Gasteiger charge is 2.16. The molecule has 1 amide bonds. The second kappa shape index (κ2) is 7.01. The molecule has 0 aliphatic heterocycles. The van der Waals surface area contributed by atoms with Crippen LogP contribution in [0.1, 0.15) is 27.2 Å². The maximum Gasteiger partial charge on any atom is 0.278 e. The van der Waals surface area contributed by atoms with E-state index in [1.54, 1.807) is 24.3 Å². The highest BCUT2D eigenvalue weighted by molar-refractivity contribution is 7.14. The molecule has 140 valence electrons. The first kappa shape index (κ1) is 18.1. The minimum atomic E-state index is -0.412. The van der Waals surface area contributed by atoms with Crippen molar-refractivity contribution in [3.05, 3.63) is 74.5 Å². The predicted octanol–water partition coefficient (Wildman–Crippen LogP) is 4.22. The van der Waals surface area contributed by atoms with Gasteiger partial charge in [-0.3, -0.25) is 14.9 Å². The summed E-state index contributed by atoms with van der Waals surface area (Å²) in [5.74, 6) is -0.412. The van der Waals surface area contributed by atoms with Crippen LogP contribution in [0.25, 0.3) is 22.0 Å². The Labute approximate surface area is 165 Å². The number of nitrogens with one attached hydrogen (secondary N) is 2. The van der Waals surface area contributed by atoms with Gasteiger partial charge in [0.1, 0.15) is 0 Å². The lowest BCUT2D eigenvalue weighted by molar-refractivity contribution is 0.102. The maximum atomic E-state index is 12.7. The van der Waals surface area contributed by atoms with Crippen LogP contribution in [0.2, 0.25) is 0 Å². The third kappa shape index (κ3) is 3.20. The SMILES string of the molecule is Cc1cc(C)c(-c2csc(NC(=O)c3n[nH]c(=O)c4ccccc34)n2)cc1C. The number of aromatic nitrogens is 3. The van der Waals surface area contributed by atoms with Crippen LogP contribution in [0.4, 0.5) is 5.13 Å². The normalized spacial score (nSPS) is 11.0. The molecular formula is C21H18N4O2S. The van der Waals surface area contributed by atoms with Crippen LogP contribution < -0.4 is 10.9 Å². The van der Waals surface area contributed by atoms with Crippen molar-refractivity contribution in [1.29, 1.82) is 0 Å². The zero-order chi connectivity index (χ0) is 19.8. The third-order valence-corrected chi connectivity index (χ3v) is 5.51. The minimum absolute atomic E-state index is 0.161. The lowest BCUT2D eigenvalue weighted by atomic mass is 9.99. The van der Waals surface area contributed by atoms with Gasteiger partial charge in [0, 0.05) is 16.3 Å². The van der Waals surface area contributed by atoms with Gasteiger partial charge in [-0.2, -0.15) is 5.10 Å². The second-order valence-electron chi connectivity index (χ2n) is 6.69. The van der Waals surface area contributed by atoms with Crippen LogP contribution in [-0.4, -0.2) is 21.1 Å². The van der Waals surface area contributed by atoms with Crippen LogP contribution in [0.3, 0.4) is 0 Å². The minimum Gasteiger partial charge on any atom is -0.296 e. The molecule has 0 radical (unpaired) electrons. The van der Waals surface area contributed by atoms with Crippen molar-refractivity contribution in [3.8, 4) is 11.3 Å². The molecule has 0 aliphatic carbocycles. The van der Waals surface area contributed by atoms with Gasteiger partial charge in [0.15, 0.2) is 10.8 Å². The number of aryl methyl sites for hydroxylation is 3. The number of thiazole rings is 1. The van der Waals surface area contributed by atoms with E-state index in [1.165, 1.54) is 22.5 Å². The summed E-state index contributed by atoms with van der Waals surface area (Å²) in [6.45, 7) is 6.20. The van der Waals surface area contributed by atoms with Crippen molar-refractivity contribution >= 4 is 33.1 Å². The zero-order valence-corrected chi connectivity index (χ0v) is 16.5. The van der Waals surface area contributed by atoms with Crippen LogP contribution >= 0.6 is 11.3 Å². The second-order valence-corrected chi connectivity index (χ2v) is 7.55. The molecule has 2 N–H and O–H groups in total. The highest BCUT2D eigenvalue weighted by Crippen LogP contribution is 2.29. The van der Waals surface area contributed by atoms with Crippen LogP contribution in [0.5, 0.6) is 0 Å². The standard InChI is InChI=1S/C21H18N4O2S/c1-11-8-13(3)16(9-12(11)2)17-10-28-21(22-17)23-20(27)18-14-6-4-5-7-15(14)19(26)25-24-18/h4-10H,1-3H3,(H,25,26)(H,22,23,27). The summed E-state index contributed by atoms with van der Waals surface area (Å²) in [6, 6.07) is 11.1. The van der Waals surface area contributed by atoms with Crippen LogP contribution in [0, 0.1) is 20.8 Å². The van der Waals surface area contributed by atoms with Crippen LogP contribution in [-0.2, 0) is 0 Å². The van der Waals surface area contributed by atoms with Crippen molar-refractivity contribution in [2.45, 2.75) is 20.8 Å². The topological polar surface area (TPSA) is 87.7 Å². The van der Waals surface area contributed by atoms with Gasteiger partial charge >= 0.3 is 0 Å². The number of carbonyl (C=O) groups is 1. The molecule has 2 heterocycles. The fraction of sp³-hybridized carbons (Fsp3) is 0.143. The Morgan fingerprint density at radius 1 is 1.04 bits per heavy atom. The summed E-state index contributed by atoms with van der Waals surface area (Å²) < 4.78 is 0. The van der Waals surface area contributed by atoms with E-state index in [0.717, 1.165) is 16.8 Å². The number of rotatable bonds is 3. The first-order valence-electron chi connectivity index (χ1n) is 8.76. The Kier molecular flexibility index (Phi) is 4.52. The molecule has 0 unspecified atom stereocenters. The van der Waals surface area contributed by atoms with Crippen molar-refractivity contribution in [2.24, 2.45) is 0 Å². The zero-order valence-electron chi connectivity index (χ0n) is 15.7. The van der Waals surface area contributed by atoms with Gasteiger partial charge in [-0.1, -0.05) is 24.3 Å². The molecule has 4 aromatic rings. The molecule has 0 aliphatic rings. The van der Waals surface area contributed by atoms with E-state index < -0.39 is 5.91 Å². The molecule has 2 aromatic carbocycles. The van der Waals surface area contributed by atoms with Crippen molar-refractivity contribution < 1.29 is 4.79 Å². The van der Waals surface area contributed by atoms with E-state index in [0.29, 0.717) is 15.9 Å². The number of H-pyrrole nitrogens is 1. The molecule has 0 atom stereocenters. The fourth-order valence-corrected chi connectivity index (χ4v) is 3.84. The van der Waals surface area contributed by atoms with E-state index in [1.807, 2.05) is 5.38 Å². The molecule has 0 bridgehead atoms. The van der Waals surface area contributed by atoms with E-state index >= 15 is 0 Å². The third-order valence-electron chi connectivity index (χ3n) is 4.75. The largest absolute Gasteiger partial charge is 0.296 e. The predicted molar refractivity (Wildman–Crippen MR) is 112 cm³/mol. The van der Waals surface area contributed by atoms with E-state index in [2.05, 4.69) is 53.4 Å². The molecule has 0 spiro atoms. The average molecular weight is 390 g/mol. The molecule has 4 rings (SSSR count). The monoisotopic (exact) mass is 390 g/mol. The number of benzene rings is 2. The summed E-state index contributed by atoms with van der Waals surface area (Å²) in [5, 5.41) is 12.4. The van der Waals surface area contributed by atoms with Gasteiger partial charge in [-0.25, -0.2) is 10.1 Å². The van der Waals surface area contributed by atoms with Gasteiger partial charge < -0.3 is 0 Å². The number of hydrogen-bond donors (Lipinski definition) is 2. The summed E-state index contributed by atoms with van der Waals surface area (Å²) in [5.41, 5.74) is 5.28. The van der Waals surface area contributed by atoms with E-state index in [4.69, 9.17) is 0 Å². The molecule has 0 fully saturated rings. The molecule has 6 nitrogen and oxygen atoms in total. The maximum absolute atomic E-state index is 12.7.